The molecule has 1 aromatic heterocycles. The summed E-state index contributed by atoms with van der Waals surface area (Å²) in [5.41, 5.74) is 3.01. The minimum atomic E-state index is -0.781. The Labute approximate surface area is 344 Å². The first-order valence-electron chi connectivity index (χ1n) is 18.4. The monoisotopic (exact) mass is 818 g/mol. The number of ether oxygens (including phenoxy) is 3. The molecule has 0 fully saturated rings. The Hall–Kier alpha value is -6.38. The van der Waals surface area contributed by atoms with Crippen LogP contribution in [0, 0.1) is 0 Å². The molecule has 2 heterocycles. The zero-order chi connectivity index (χ0) is 41.2. The Morgan fingerprint density at radius 1 is 0.879 bits per heavy atom. The van der Waals surface area contributed by atoms with E-state index in [4.69, 9.17) is 14.2 Å². The van der Waals surface area contributed by atoms with Gasteiger partial charge in [0.15, 0.2) is 11.5 Å². The molecule has 3 N–H and O–H groups in total. The summed E-state index contributed by atoms with van der Waals surface area (Å²) in [4.78, 5) is 70.2. The molecule has 0 aliphatic carbocycles. The van der Waals surface area contributed by atoms with Crippen LogP contribution in [0.2, 0.25) is 0 Å². The maximum absolute atomic E-state index is 14.3. The molecule has 0 bridgehead atoms. The molecule has 1 aliphatic heterocycles. The number of esters is 1. The highest BCUT2D eigenvalue weighted by Gasteiger charge is 2.32. The lowest BCUT2D eigenvalue weighted by atomic mass is 10.0. The normalized spacial score (nSPS) is 12.8. The van der Waals surface area contributed by atoms with E-state index in [2.05, 4.69) is 16.0 Å². The first-order chi connectivity index (χ1) is 28.1. The van der Waals surface area contributed by atoms with Crippen molar-refractivity contribution in [3.8, 4) is 11.5 Å². The first-order valence-corrected chi connectivity index (χ1v) is 20.1. The Morgan fingerprint density at radius 2 is 1.60 bits per heavy atom. The van der Waals surface area contributed by atoms with E-state index in [1.165, 1.54) is 50.3 Å². The third-order valence-electron chi connectivity index (χ3n) is 9.17. The molecule has 0 saturated carbocycles. The van der Waals surface area contributed by atoms with Crippen LogP contribution in [0.4, 0.5) is 10.7 Å². The molecular formula is C44H42N4O8S2. The number of anilines is 2. The molecule has 1 aliphatic rings. The number of para-hydroxylation sites is 1. The zero-order valence-corrected chi connectivity index (χ0v) is 34.0. The minimum absolute atomic E-state index is 0.0533. The van der Waals surface area contributed by atoms with Gasteiger partial charge in [-0.3, -0.25) is 19.2 Å². The van der Waals surface area contributed by atoms with Crippen molar-refractivity contribution < 1.29 is 38.2 Å². The van der Waals surface area contributed by atoms with Crippen molar-refractivity contribution in [2.75, 3.05) is 38.0 Å². The molecule has 58 heavy (non-hydrogen) atoms. The molecule has 1 unspecified atom stereocenters. The number of carbonyl (C=O) groups is 5. The molecule has 1 atom stereocenters. The fraction of sp³-hybridized carbons (Fsp3) is 0.205. The van der Waals surface area contributed by atoms with Gasteiger partial charge in [-0.1, -0.05) is 66.7 Å². The summed E-state index contributed by atoms with van der Waals surface area (Å²) in [7, 11) is 2.99. The molecule has 12 nitrogen and oxygen atoms in total. The van der Waals surface area contributed by atoms with Crippen molar-refractivity contribution in [2.24, 2.45) is 0 Å². The van der Waals surface area contributed by atoms with Crippen molar-refractivity contribution in [2.45, 2.75) is 37.0 Å². The standard InChI is InChI=1S/C44H42N4O8S2/c1-5-56-44(53)37-33-22-23-48(27(2)49)26-36(33)58-43(37)47-42(52)39(28-14-8-6-9-15-28)57-32-20-13-19-31(25-32)45-41(51)34(46-40(50)29-16-10-7-11-17-29)24-30-18-12-21-35(54-3)38(30)55-4/h6-21,24-25,39H,5,22-23,26H2,1-4H3,(H,45,51)(H,46,50)(H,47,52)/b34-24+. The number of nitrogens with zero attached hydrogens (tertiary/aromatic N) is 1. The molecular weight excluding hydrogens is 777 g/mol. The molecule has 4 amide bonds. The highest BCUT2D eigenvalue weighted by atomic mass is 32.2. The average molecular weight is 819 g/mol. The van der Waals surface area contributed by atoms with Gasteiger partial charge >= 0.3 is 5.97 Å². The number of carbonyl (C=O) groups excluding carboxylic acids is 5. The number of methoxy groups -OCH3 is 2. The van der Waals surface area contributed by atoms with Gasteiger partial charge in [-0.2, -0.15) is 0 Å². The predicted octanol–water partition coefficient (Wildman–Crippen LogP) is 7.73. The topological polar surface area (TPSA) is 152 Å². The number of thiophene rings is 1. The van der Waals surface area contributed by atoms with E-state index in [1.54, 1.807) is 78.6 Å². The fourth-order valence-electron chi connectivity index (χ4n) is 6.36. The van der Waals surface area contributed by atoms with Gasteiger partial charge in [-0.25, -0.2) is 4.79 Å². The molecule has 0 saturated heterocycles. The Kier molecular flexibility index (Phi) is 13.6. The third kappa shape index (κ3) is 9.76. The first kappa shape index (κ1) is 41.3. The molecule has 298 valence electrons. The summed E-state index contributed by atoms with van der Waals surface area (Å²) in [5.74, 6) is -1.24. The van der Waals surface area contributed by atoms with Crippen LogP contribution in [0.1, 0.15) is 61.4 Å². The summed E-state index contributed by atoms with van der Waals surface area (Å²) in [6.07, 6.45) is 1.97. The van der Waals surface area contributed by atoms with Crippen LogP contribution in [0.5, 0.6) is 11.5 Å². The van der Waals surface area contributed by atoms with Gasteiger partial charge < -0.3 is 35.1 Å². The maximum atomic E-state index is 14.3. The van der Waals surface area contributed by atoms with E-state index in [9.17, 15) is 24.0 Å². The van der Waals surface area contributed by atoms with Gasteiger partial charge in [0.05, 0.1) is 32.9 Å². The quantitative estimate of drug-likeness (QED) is 0.0581. The number of thioether (sulfide) groups is 1. The van der Waals surface area contributed by atoms with E-state index in [0.29, 0.717) is 68.8 Å². The van der Waals surface area contributed by atoms with E-state index in [0.717, 1.165) is 10.4 Å². The highest BCUT2D eigenvalue weighted by molar-refractivity contribution is 8.00. The Balaban J connectivity index is 1.28. The van der Waals surface area contributed by atoms with E-state index < -0.39 is 23.0 Å². The van der Waals surface area contributed by atoms with Gasteiger partial charge in [0.1, 0.15) is 15.9 Å². The van der Waals surface area contributed by atoms with Crippen molar-refractivity contribution in [1.82, 2.24) is 10.2 Å². The van der Waals surface area contributed by atoms with Gasteiger partial charge in [0, 0.05) is 40.1 Å². The van der Waals surface area contributed by atoms with E-state index in [-0.39, 0.29) is 24.1 Å². The number of nitrogens with one attached hydrogen (secondary N) is 3. The highest BCUT2D eigenvalue weighted by Crippen LogP contribution is 2.41. The SMILES string of the molecule is CCOC(=O)c1c(NC(=O)C(Sc2cccc(NC(=O)/C(=C\c3cccc(OC)c3OC)NC(=O)c3ccccc3)c2)c2ccccc2)sc2c1CCN(C(C)=O)C2. The molecule has 4 aromatic carbocycles. The number of hydrogen-bond donors (Lipinski definition) is 3. The van der Waals surface area contributed by atoms with Gasteiger partial charge in [0.2, 0.25) is 11.8 Å². The van der Waals surface area contributed by atoms with Crippen molar-refractivity contribution in [3.63, 3.8) is 0 Å². The van der Waals surface area contributed by atoms with Crippen LogP contribution in [0.15, 0.2) is 114 Å². The van der Waals surface area contributed by atoms with Crippen molar-refractivity contribution in [1.29, 1.82) is 0 Å². The summed E-state index contributed by atoms with van der Waals surface area (Å²) in [5, 5.41) is 8.25. The summed E-state index contributed by atoms with van der Waals surface area (Å²) < 4.78 is 16.4. The lowest BCUT2D eigenvalue weighted by Crippen LogP contribution is -2.34. The van der Waals surface area contributed by atoms with Crippen LogP contribution < -0.4 is 25.4 Å². The lowest BCUT2D eigenvalue weighted by Gasteiger charge is -2.25. The predicted molar refractivity (Wildman–Crippen MR) is 225 cm³/mol. The van der Waals surface area contributed by atoms with Crippen LogP contribution >= 0.6 is 23.1 Å². The van der Waals surface area contributed by atoms with Crippen LogP contribution in [-0.2, 0) is 32.1 Å². The lowest BCUT2D eigenvalue weighted by molar-refractivity contribution is -0.129. The second-order valence-electron chi connectivity index (χ2n) is 13.0. The number of rotatable bonds is 14. The second-order valence-corrected chi connectivity index (χ2v) is 15.2. The molecule has 14 heteroatoms. The zero-order valence-electron chi connectivity index (χ0n) is 32.3. The third-order valence-corrected chi connectivity index (χ3v) is 11.5. The smallest absolute Gasteiger partial charge is 0.341 e. The van der Waals surface area contributed by atoms with Crippen molar-refractivity contribution >= 4 is 69.5 Å². The number of amides is 4. The average Bonchev–Trinajstić information content (AvgIpc) is 3.60. The molecule has 5 aromatic rings. The van der Waals surface area contributed by atoms with Gasteiger partial charge in [0.25, 0.3) is 11.8 Å². The van der Waals surface area contributed by atoms with Gasteiger partial charge in [-0.05, 0) is 66.9 Å². The van der Waals surface area contributed by atoms with E-state index >= 15 is 0 Å². The molecule has 0 spiro atoms. The number of fused-ring (bicyclic) bond motifs is 1. The van der Waals surface area contributed by atoms with Crippen LogP contribution in [0.3, 0.4) is 0 Å². The Morgan fingerprint density at radius 3 is 2.29 bits per heavy atom. The minimum Gasteiger partial charge on any atom is -0.493 e. The Bertz CT molecular complexity index is 2350. The summed E-state index contributed by atoms with van der Waals surface area (Å²) >= 11 is 2.53. The fourth-order valence-corrected chi connectivity index (χ4v) is 8.70. The molecule has 0 radical (unpaired) electrons. The van der Waals surface area contributed by atoms with Crippen LogP contribution in [-0.4, -0.2) is 61.9 Å². The van der Waals surface area contributed by atoms with Crippen LogP contribution in [0.25, 0.3) is 6.08 Å². The number of benzene rings is 4. The summed E-state index contributed by atoms with van der Waals surface area (Å²) in [6, 6.07) is 30.0. The second kappa shape index (κ2) is 19.2. The van der Waals surface area contributed by atoms with E-state index in [1.807, 2.05) is 36.4 Å². The largest absolute Gasteiger partial charge is 0.493 e. The number of hydrogen-bond acceptors (Lipinski definition) is 10. The van der Waals surface area contributed by atoms with Crippen molar-refractivity contribution in [3.05, 3.63) is 142 Å². The maximum Gasteiger partial charge on any atom is 0.341 e. The van der Waals surface area contributed by atoms with Gasteiger partial charge in [-0.15, -0.1) is 23.1 Å². The molecule has 6 rings (SSSR count). The summed E-state index contributed by atoms with van der Waals surface area (Å²) in [6.45, 7) is 4.19.